The van der Waals surface area contributed by atoms with Crippen LogP contribution in [0.3, 0.4) is 0 Å². The first-order chi connectivity index (χ1) is 6.59. The van der Waals surface area contributed by atoms with Crippen LogP contribution < -0.4 is 5.48 Å². The third kappa shape index (κ3) is 3.47. The highest BCUT2D eigenvalue weighted by molar-refractivity contribution is 5.07. The monoisotopic (exact) mass is 197 g/mol. The quantitative estimate of drug-likeness (QED) is 0.573. The SMILES string of the molecule is Cc1cc(CNOCC(C)C)n(C)n1. The molecular weight excluding hydrogens is 178 g/mol. The molecule has 0 aliphatic carbocycles. The van der Waals surface area contributed by atoms with E-state index in [2.05, 4.69) is 24.4 Å². The molecule has 1 heterocycles. The fourth-order valence-corrected chi connectivity index (χ4v) is 1.18. The maximum absolute atomic E-state index is 5.27. The molecule has 0 aliphatic rings. The highest BCUT2D eigenvalue weighted by Crippen LogP contribution is 2.01. The highest BCUT2D eigenvalue weighted by atomic mass is 16.6. The molecule has 0 amide bonds. The Bertz CT molecular complexity index is 281. The zero-order valence-electron chi connectivity index (χ0n) is 9.37. The van der Waals surface area contributed by atoms with Crippen molar-refractivity contribution in [2.45, 2.75) is 27.3 Å². The first-order valence-electron chi connectivity index (χ1n) is 4.93. The van der Waals surface area contributed by atoms with E-state index in [1.165, 1.54) is 0 Å². The van der Waals surface area contributed by atoms with E-state index in [1.807, 2.05) is 24.7 Å². The fraction of sp³-hybridized carbons (Fsp3) is 0.700. The van der Waals surface area contributed by atoms with Crippen molar-refractivity contribution in [3.05, 3.63) is 17.5 Å². The first kappa shape index (κ1) is 11.2. The van der Waals surface area contributed by atoms with Crippen LogP contribution in [0.5, 0.6) is 0 Å². The summed E-state index contributed by atoms with van der Waals surface area (Å²) in [6.45, 7) is 7.66. The van der Waals surface area contributed by atoms with Gasteiger partial charge < -0.3 is 4.84 Å². The summed E-state index contributed by atoms with van der Waals surface area (Å²) in [5.74, 6) is 0.552. The van der Waals surface area contributed by atoms with E-state index < -0.39 is 0 Å². The predicted octanol–water partition coefficient (Wildman–Crippen LogP) is 1.41. The van der Waals surface area contributed by atoms with E-state index in [9.17, 15) is 0 Å². The van der Waals surface area contributed by atoms with Crippen LogP contribution in [0.25, 0.3) is 0 Å². The molecule has 0 atom stereocenters. The summed E-state index contributed by atoms with van der Waals surface area (Å²) in [5, 5.41) is 4.25. The largest absolute Gasteiger partial charge is 0.301 e. The third-order valence-corrected chi connectivity index (χ3v) is 1.87. The van der Waals surface area contributed by atoms with Crippen LogP contribution in [0, 0.1) is 12.8 Å². The Morgan fingerprint density at radius 3 is 2.79 bits per heavy atom. The number of hydroxylamine groups is 1. The Morgan fingerprint density at radius 1 is 1.57 bits per heavy atom. The second kappa shape index (κ2) is 5.12. The summed E-state index contributed by atoms with van der Waals surface area (Å²) in [7, 11) is 1.94. The Balaban J connectivity index is 2.28. The van der Waals surface area contributed by atoms with E-state index in [-0.39, 0.29) is 0 Å². The van der Waals surface area contributed by atoms with Gasteiger partial charge in [-0.2, -0.15) is 10.6 Å². The number of hydrogen-bond donors (Lipinski definition) is 1. The van der Waals surface area contributed by atoms with Gasteiger partial charge in [-0.3, -0.25) is 4.68 Å². The minimum Gasteiger partial charge on any atom is -0.301 e. The highest BCUT2D eigenvalue weighted by Gasteiger charge is 2.01. The second-order valence-electron chi connectivity index (χ2n) is 3.93. The van der Waals surface area contributed by atoms with E-state index >= 15 is 0 Å². The van der Waals surface area contributed by atoms with Crippen LogP contribution >= 0.6 is 0 Å². The number of nitrogens with zero attached hydrogens (tertiary/aromatic N) is 2. The molecule has 0 aliphatic heterocycles. The van der Waals surface area contributed by atoms with Crippen molar-refractivity contribution in [3.8, 4) is 0 Å². The van der Waals surface area contributed by atoms with Crippen LogP contribution in [0.15, 0.2) is 6.07 Å². The summed E-state index contributed by atoms with van der Waals surface area (Å²) in [6, 6.07) is 2.05. The molecule has 0 saturated carbocycles. The topological polar surface area (TPSA) is 39.1 Å². The van der Waals surface area contributed by atoms with Crippen LogP contribution in [-0.2, 0) is 18.4 Å². The Kier molecular flexibility index (Phi) is 4.10. The molecule has 4 heteroatoms. The van der Waals surface area contributed by atoms with Gasteiger partial charge in [0.15, 0.2) is 0 Å². The molecule has 1 rings (SSSR count). The molecule has 1 N–H and O–H groups in total. The van der Waals surface area contributed by atoms with Gasteiger partial charge in [0, 0.05) is 7.05 Å². The number of rotatable bonds is 5. The summed E-state index contributed by atoms with van der Waals surface area (Å²) in [5.41, 5.74) is 5.09. The lowest BCUT2D eigenvalue weighted by atomic mass is 10.2. The van der Waals surface area contributed by atoms with Gasteiger partial charge in [-0.15, -0.1) is 0 Å². The smallest absolute Gasteiger partial charge is 0.0705 e. The predicted molar refractivity (Wildman–Crippen MR) is 55.6 cm³/mol. The maximum Gasteiger partial charge on any atom is 0.0705 e. The van der Waals surface area contributed by atoms with E-state index in [1.54, 1.807) is 0 Å². The summed E-state index contributed by atoms with van der Waals surface area (Å²) in [4.78, 5) is 5.27. The van der Waals surface area contributed by atoms with Gasteiger partial charge in [0.25, 0.3) is 0 Å². The van der Waals surface area contributed by atoms with Gasteiger partial charge in [-0.25, -0.2) is 0 Å². The summed E-state index contributed by atoms with van der Waals surface area (Å²) in [6.07, 6.45) is 0. The average molecular weight is 197 g/mol. The van der Waals surface area contributed by atoms with Crippen molar-refractivity contribution in [2.24, 2.45) is 13.0 Å². The molecule has 0 fully saturated rings. The van der Waals surface area contributed by atoms with Gasteiger partial charge >= 0.3 is 0 Å². The van der Waals surface area contributed by atoms with Gasteiger partial charge in [0.1, 0.15) is 0 Å². The molecule has 0 bridgehead atoms. The minimum atomic E-state index is 0.552. The fourth-order valence-electron chi connectivity index (χ4n) is 1.18. The maximum atomic E-state index is 5.27. The van der Waals surface area contributed by atoms with Crippen molar-refractivity contribution < 1.29 is 4.84 Å². The van der Waals surface area contributed by atoms with Crippen LogP contribution in [0.4, 0.5) is 0 Å². The molecule has 0 aromatic carbocycles. The van der Waals surface area contributed by atoms with Crippen LogP contribution in [0.2, 0.25) is 0 Å². The molecule has 0 radical (unpaired) electrons. The van der Waals surface area contributed by atoms with Crippen molar-refractivity contribution >= 4 is 0 Å². The normalized spacial score (nSPS) is 11.2. The number of hydrogen-bond acceptors (Lipinski definition) is 3. The Morgan fingerprint density at radius 2 is 2.29 bits per heavy atom. The molecule has 0 unspecified atom stereocenters. The minimum absolute atomic E-state index is 0.552. The van der Waals surface area contributed by atoms with E-state index in [0.29, 0.717) is 12.5 Å². The van der Waals surface area contributed by atoms with Crippen LogP contribution in [0.1, 0.15) is 25.2 Å². The lowest BCUT2D eigenvalue weighted by Crippen LogP contribution is -2.18. The lowest BCUT2D eigenvalue weighted by molar-refractivity contribution is 0.0185. The zero-order chi connectivity index (χ0) is 10.6. The number of nitrogens with one attached hydrogen (secondary N) is 1. The molecule has 80 valence electrons. The molecule has 0 spiro atoms. The van der Waals surface area contributed by atoms with Gasteiger partial charge in [-0.1, -0.05) is 13.8 Å². The number of aryl methyl sites for hydroxylation is 2. The molecule has 1 aromatic heterocycles. The Labute approximate surface area is 85.2 Å². The molecule has 4 nitrogen and oxygen atoms in total. The summed E-state index contributed by atoms with van der Waals surface area (Å²) < 4.78 is 1.86. The zero-order valence-corrected chi connectivity index (χ0v) is 9.37. The van der Waals surface area contributed by atoms with Crippen molar-refractivity contribution in [3.63, 3.8) is 0 Å². The summed E-state index contributed by atoms with van der Waals surface area (Å²) >= 11 is 0. The van der Waals surface area contributed by atoms with Crippen LogP contribution in [-0.4, -0.2) is 16.4 Å². The van der Waals surface area contributed by atoms with E-state index in [0.717, 1.165) is 18.0 Å². The molecule has 0 saturated heterocycles. The van der Waals surface area contributed by atoms with Gasteiger partial charge in [-0.05, 0) is 18.9 Å². The molecule has 14 heavy (non-hydrogen) atoms. The lowest BCUT2D eigenvalue weighted by Gasteiger charge is -2.07. The average Bonchev–Trinajstić information content (AvgIpc) is 2.39. The van der Waals surface area contributed by atoms with Gasteiger partial charge in [0.05, 0.1) is 24.5 Å². The van der Waals surface area contributed by atoms with Crippen molar-refractivity contribution in [1.29, 1.82) is 0 Å². The van der Waals surface area contributed by atoms with E-state index in [4.69, 9.17) is 4.84 Å². The van der Waals surface area contributed by atoms with Crippen molar-refractivity contribution in [2.75, 3.05) is 6.61 Å². The van der Waals surface area contributed by atoms with Gasteiger partial charge in [0.2, 0.25) is 0 Å². The number of aromatic nitrogens is 2. The first-order valence-corrected chi connectivity index (χ1v) is 4.93. The standard InChI is InChI=1S/C10H19N3O/c1-8(2)7-14-11-6-10-5-9(3)12-13(10)4/h5,8,11H,6-7H2,1-4H3. The molecule has 1 aromatic rings. The second-order valence-corrected chi connectivity index (χ2v) is 3.93. The third-order valence-electron chi connectivity index (χ3n) is 1.87. The molecular formula is C10H19N3O. The Hall–Kier alpha value is -0.870. The van der Waals surface area contributed by atoms with Crippen molar-refractivity contribution in [1.82, 2.24) is 15.3 Å².